The van der Waals surface area contributed by atoms with Gasteiger partial charge in [-0.15, -0.1) is 16.9 Å². The molecule has 0 aliphatic carbocycles. The first kappa shape index (κ1) is 23.1. The molecular weight excluding hydrogens is 466 g/mol. The number of β-lactam (4-membered cyclic amide) rings is 1. The zero-order chi connectivity index (χ0) is 23.4. The molecule has 1 aromatic carbocycles. The third-order valence-electron chi connectivity index (χ3n) is 5.14. The lowest BCUT2D eigenvalue weighted by atomic mass is 10.0. The maximum Gasteiger partial charge on any atom is 0.352 e. The second-order valence-electron chi connectivity index (χ2n) is 7.43. The minimum absolute atomic E-state index is 0.0199. The second kappa shape index (κ2) is 10.3. The molecule has 0 spiro atoms. The van der Waals surface area contributed by atoms with E-state index in [1.54, 1.807) is 4.68 Å². The molecule has 2 aliphatic rings. The van der Waals surface area contributed by atoms with Crippen LogP contribution in [0.4, 0.5) is 4.79 Å². The van der Waals surface area contributed by atoms with Gasteiger partial charge in [-0.25, -0.2) is 14.3 Å². The Morgan fingerprint density at radius 1 is 1.30 bits per heavy atom. The number of nitrogens with one attached hydrogen (secondary N) is 2. The van der Waals surface area contributed by atoms with E-state index < -0.39 is 29.3 Å². The van der Waals surface area contributed by atoms with E-state index in [2.05, 4.69) is 26.2 Å². The first-order valence-electron chi connectivity index (χ1n) is 10.4. The zero-order valence-corrected chi connectivity index (χ0v) is 19.4. The molecule has 2 aliphatic heterocycles. The number of benzene rings is 1. The minimum Gasteiger partial charge on any atom is -0.477 e. The number of aryl methyl sites for hydroxylation is 1. The zero-order valence-electron chi connectivity index (χ0n) is 17.8. The van der Waals surface area contributed by atoms with Crippen molar-refractivity contribution in [2.45, 2.75) is 43.0 Å². The number of urea groups is 1. The van der Waals surface area contributed by atoms with Crippen molar-refractivity contribution in [3.8, 4) is 0 Å². The predicted octanol–water partition coefficient (Wildman–Crippen LogP) is 1.30. The maximum atomic E-state index is 12.8. The number of carbonyl (C=O) groups excluding carboxylic acids is 2. The highest BCUT2D eigenvalue weighted by molar-refractivity contribution is 8.01. The number of carboxylic acids is 1. The number of hydrogen-bond acceptors (Lipinski definition) is 8. The van der Waals surface area contributed by atoms with Crippen molar-refractivity contribution in [3.05, 3.63) is 47.2 Å². The molecule has 174 valence electrons. The number of thioether (sulfide) groups is 2. The molecule has 2 aromatic rings. The topological polar surface area (TPSA) is 142 Å². The average molecular weight is 490 g/mol. The number of aromatic nitrogens is 4. The normalized spacial score (nSPS) is 19.7. The van der Waals surface area contributed by atoms with Crippen molar-refractivity contribution < 1.29 is 19.5 Å². The van der Waals surface area contributed by atoms with Crippen LogP contribution in [0, 0.1) is 0 Å². The molecule has 33 heavy (non-hydrogen) atoms. The van der Waals surface area contributed by atoms with Crippen molar-refractivity contribution in [1.29, 1.82) is 0 Å². The van der Waals surface area contributed by atoms with Gasteiger partial charge in [-0.1, -0.05) is 49.0 Å². The van der Waals surface area contributed by atoms with Gasteiger partial charge >= 0.3 is 12.0 Å². The molecule has 4 rings (SSSR count). The van der Waals surface area contributed by atoms with Gasteiger partial charge in [-0.3, -0.25) is 9.69 Å². The van der Waals surface area contributed by atoms with Crippen molar-refractivity contribution in [3.63, 3.8) is 0 Å². The number of aliphatic carboxylic acids is 1. The van der Waals surface area contributed by atoms with Crippen molar-refractivity contribution in [2.75, 3.05) is 11.5 Å². The lowest BCUT2D eigenvalue weighted by Gasteiger charge is -2.49. The molecule has 1 saturated heterocycles. The van der Waals surface area contributed by atoms with Crippen LogP contribution in [0.15, 0.2) is 46.8 Å². The fourth-order valence-electron chi connectivity index (χ4n) is 3.57. The molecule has 13 heteroatoms. The minimum atomic E-state index is -1.16. The first-order chi connectivity index (χ1) is 16.0. The van der Waals surface area contributed by atoms with Crippen LogP contribution in [0.25, 0.3) is 0 Å². The van der Waals surface area contributed by atoms with Crippen molar-refractivity contribution in [1.82, 2.24) is 35.7 Å². The molecule has 3 heterocycles. The van der Waals surface area contributed by atoms with Gasteiger partial charge in [-0.05, 0) is 28.0 Å². The van der Waals surface area contributed by atoms with Gasteiger partial charge in [0.15, 0.2) is 0 Å². The number of nitrogens with zero attached hydrogens (tertiary/aromatic N) is 5. The van der Waals surface area contributed by atoms with Crippen LogP contribution in [0.1, 0.15) is 18.9 Å². The smallest absolute Gasteiger partial charge is 0.352 e. The Morgan fingerprint density at radius 3 is 2.82 bits per heavy atom. The van der Waals surface area contributed by atoms with Gasteiger partial charge in [0.2, 0.25) is 5.16 Å². The number of amides is 3. The summed E-state index contributed by atoms with van der Waals surface area (Å²) >= 11 is 2.77. The number of carbonyl (C=O) groups is 3. The number of tetrazole rings is 1. The summed E-state index contributed by atoms with van der Waals surface area (Å²) < 4.78 is 1.67. The number of hydrogen-bond donors (Lipinski definition) is 3. The van der Waals surface area contributed by atoms with Crippen LogP contribution >= 0.6 is 23.5 Å². The summed E-state index contributed by atoms with van der Waals surface area (Å²) in [6.45, 7) is 3.01. The Hall–Kier alpha value is -3.06. The van der Waals surface area contributed by atoms with Crippen LogP contribution in [-0.2, 0) is 22.7 Å². The number of carboxylic acid groups (broad SMARTS) is 1. The highest BCUT2D eigenvalue weighted by Crippen LogP contribution is 2.41. The van der Waals surface area contributed by atoms with Gasteiger partial charge in [0, 0.05) is 24.6 Å². The number of fused-ring (bicyclic) bond motifs is 1. The predicted molar refractivity (Wildman–Crippen MR) is 122 cm³/mol. The van der Waals surface area contributed by atoms with E-state index in [0.29, 0.717) is 35.3 Å². The molecule has 1 aromatic heterocycles. The molecule has 0 bridgehead atoms. The lowest BCUT2D eigenvalue weighted by molar-refractivity contribution is -0.148. The van der Waals surface area contributed by atoms with E-state index in [9.17, 15) is 19.5 Å². The van der Waals surface area contributed by atoms with E-state index in [0.717, 1.165) is 12.0 Å². The van der Waals surface area contributed by atoms with Gasteiger partial charge in [0.05, 0.1) is 0 Å². The molecule has 3 amide bonds. The molecule has 1 unspecified atom stereocenters. The van der Waals surface area contributed by atoms with Crippen LogP contribution in [0.5, 0.6) is 0 Å². The van der Waals surface area contributed by atoms with E-state index in [1.807, 2.05) is 37.3 Å². The third-order valence-corrected chi connectivity index (χ3v) is 7.53. The number of rotatable bonds is 9. The largest absolute Gasteiger partial charge is 0.477 e. The van der Waals surface area contributed by atoms with Crippen LogP contribution < -0.4 is 10.6 Å². The first-order valence-corrected chi connectivity index (χ1v) is 12.4. The Bertz CT molecular complexity index is 1080. The average Bonchev–Trinajstić information content (AvgIpc) is 3.27. The summed E-state index contributed by atoms with van der Waals surface area (Å²) in [6, 6.07) is 8.17. The van der Waals surface area contributed by atoms with Crippen LogP contribution in [0.3, 0.4) is 0 Å². The van der Waals surface area contributed by atoms with E-state index >= 15 is 0 Å². The van der Waals surface area contributed by atoms with Gasteiger partial charge in [-0.2, -0.15) is 0 Å². The Kier molecular flexibility index (Phi) is 7.18. The summed E-state index contributed by atoms with van der Waals surface area (Å²) in [5.74, 6) is -0.810. The molecule has 1 fully saturated rings. The van der Waals surface area contributed by atoms with Crippen LogP contribution in [-0.4, -0.2) is 71.0 Å². The maximum absolute atomic E-state index is 12.8. The summed E-state index contributed by atoms with van der Waals surface area (Å²) in [5, 5.41) is 27.0. The molecule has 11 nitrogen and oxygen atoms in total. The molecule has 3 N–H and O–H groups in total. The summed E-state index contributed by atoms with van der Waals surface area (Å²) in [4.78, 5) is 38.3. The third kappa shape index (κ3) is 4.98. The molecular formula is C20H23N7O4S2. The van der Waals surface area contributed by atoms with Crippen molar-refractivity contribution >= 4 is 41.4 Å². The fraction of sp³-hybridized carbons (Fsp3) is 0.400. The van der Waals surface area contributed by atoms with E-state index in [-0.39, 0.29) is 5.70 Å². The summed E-state index contributed by atoms with van der Waals surface area (Å²) in [6.07, 6.45) is 0.870. The van der Waals surface area contributed by atoms with Gasteiger partial charge in [0.25, 0.3) is 5.91 Å². The summed E-state index contributed by atoms with van der Waals surface area (Å²) in [7, 11) is 0. The van der Waals surface area contributed by atoms with E-state index in [1.165, 1.54) is 28.4 Å². The Labute approximate surface area is 198 Å². The Balaban J connectivity index is 1.39. The second-order valence-corrected chi connectivity index (χ2v) is 9.48. The Morgan fingerprint density at radius 2 is 2.09 bits per heavy atom. The van der Waals surface area contributed by atoms with Crippen molar-refractivity contribution in [2.24, 2.45) is 0 Å². The fourth-order valence-corrected chi connectivity index (χ4v) is 5.96. The highest BCUT2D eigenvalue weighted by atomic mass is 32.2. The summed E-state index contributed by atoms with van der Waals surface area (Å²) in [5.41, 5.74) is 1.54. The molecule has 0 radical (unpaired) electrons. The van der Waals surface area contributed by atoms with Gasteiger partial charge in [0.1, 0.15) is 17.1 Å². The standard InChI is InChI=1S/C20H23N7O4S2/c1-2-8-26-20(23-24-25-26)33-11-13-10-32-17-14(16(28)27(17)15(13)18(29)30)22-19(31)21-9-12-6-4-3-5-7-12/h3-7,14,17H,2,8-11H2,1H3,(H,29,30)(H2,21,22,31)/t14?,17-/m0/s1. The lowest BCUT2D eigenvalue weighted by Crippen LogP contribution is -2.71. The highest BCUT2D eigenvalue weighted by Gasteiger charge is 2.54. The van der Waals surface area contributed by atoms with E-state index in [4.69, 9.17) is 0 Å². The van der Waals surface area contributed by atoms with Crippen LogP contribution in [0.2, 0.25) is 0 Å². The molecule has 2 atom stereocenters. The quantitative estimate of drug-likeness (QED) is 0.351. The molecule has 0 saturated carbocycles. The van der Waals surface area contributed by atoms with Gasteiger partial charge < -0.3 is 15.7 Å². The monoisotopic (exact) mass is 489 g/mol. The SMILES string of the molecule is CCCn1nnnc1SCC1=C(C(=O)O)N2C(=O)C(NC(=O)NCc3ccccc3)[C@@H]2SC1.